The number of nitrogens with one attached hydrogen (secondary N) is 1. The van der Waals surface area contributed by atoms with Crippen molar-refractivity contribution < 1.29 is 26.4 Å². The minimum absolute atomic E-state index is 0.0508. The van der Waals surface area contributed by atoms with Crippen LogP contribution in [0.5, 0.6) is 0 Å². The van der Waals surface area contributed by atoms with Gasteiger partial charge in [0.05, 0.1) is 0 Å². The smallest absolute Gasteiger partial charge is 0.243 e. The normalized spacial score (nSPS) is 17.5. The number of hydrogen-bond donors (Lipinski definition) is 1. The highest BCUT2D eigenvalue weighted by Crippen LogP contribution is 2.21. The molecule has 2 aromatic rings. The molecule has 1 saturated heterocycles. The third-order valence-electron chi connectivity index (χ3n) is 4.33. The van der Waals surface area contributed by atoms with Crippen LogP contribution in [0.3, 0.4) is 0 Å². The van der Waals surface area contributed by atoms with Crippen LogP contribution in [0.1, 0.15) is 12.0 Å². The second-order valence-corrected chi connectivity index (χ2v) is 8.13. The summed E-state index contributed by atoms with van der Waals surface area (Å²) < 4.78 is 66.2. The van der Waals surface area contributed by atoms with Crippen molar-refractivity contribution in [2.75, 3.05) is 13.1 Å². The highest BCUT2D eigenvalue weighted by atomic mass is 32.2. The van der Waals surface area contributed by atoms with Crippen LogP contribution in [0.2, 0.25) is 0 Å². The fraction of sp³-hybridized carbons (Fsp3) is 0.278. The maximum Gasteiger partial charge on any atom is 0.243 e. The number of likely N-dealkylation sites (tertiary alicyclic amines) is 1. The molecule has 0 radical (unpaired) electrons. The van der Waals surface area contributed by atoms with Gasteiger partial charge in [0.1, 0.15) is 22.3 Å². The fourth-order valence-corrected chi connectivity index (χ4v) is 4.13. The molecule has 9 heteroatoms. The van der Waals surface area contributed by atoms with Crippen LogP contribution in [0.25, 0.3) is 0 Å². The standard InChI is InChI=1S/C18H17F3N2O3S/c19-14-3-1-12(2-4-14)10-23-11-13(7-18(23)24)9-22-27(25,26)17-6-5-15(20)8-16(17)21/h1-6,8,13,22H,7,9-11H2. The van der Waals surface area contributed by atoms with Crippen molar-refractivity contribution >= 4 is 15.9 Å². The van der Waals surface area contributed by atoms with Gasteiger partial charge in [-0.05, 0) is 35.7 Å². The molecule has 1 fully saturated rings. The van der Waals surface area contributed by atoms with Gasteiger partial charge in [-0.15, -0.1) is 0 Å². The molecule has 144 valence electrons. The third kappa shape index (κ3) is 4.67. The molecular weight excluding hydrogens is 381 g/mol. The Balaban J connectivity index is 1.60. The second-order valence-electron chi connectivity index (χ2n) is 6.40. The summed E-state index contributed by atoms with van der Waals surface area (Å²) in [6.07, 6.45) is 0.148. The lowest BCUT2D eigenvalue weighted by Crippen LogP contribution is -2.31. The maximum atomic E-state index is 13.7. The molecule has 5 nitrogen and oxygen atoms in total. The van der Waals surface area contributed by atoms with E-state index in [1.54, 1.807) is 17.0 Å². The van der Waals surface area contributed by atoms with Gasteiger partial charge in [-0.2, -0.15) is 0 Å². The number of halogens is 3. The van der Waals surface area contributed by atoms with Crippen molar-refractivity contribution in [2.45, 2.75) is 17.9 Å². The quantitative estimate of drug-likeness (QED) is 0.813. The van der Waals surface area contributed by atoms with Crippen molar-refractivity contribution in [2.24, 2.45) is 5.92 Å². The maximum absolute atomic E-state index is 13.7. The van der Waals surface area contributed by atoms with E-state index in [9.17, 15) is 26.4 Å². The lowest BCUT2D eigenvalue weighted by Gasteiger charge is -2.17. The Hall–Kier alpha value is -2.39. The van der Waals surface area contributed by atoms with Gasteiger partial charge in [-0.3, -0.25) is 4.79 Å². The molecule has 0 spiro atoms. The minimum Gasteiger partial charge on any atom is -0.338 e. The summed E-state index contributed by atoms with van der Waals surface area (Å²) in [6.45, 7) is 0.574. The Morgan fingerprint density at radius 2 is 1.70 bits per heavy atom. The van der Waals surface area contributed by atoms with Gasteiger partial charge >= 0.3 is 0 Å². The first-order valence-corrected chi connectivity index (χ1v) is 9.70. The SMILES string of the molecule is O=C1CC(CNS(=O)(=O)c2ccc(F)cc2F)CN1Cc1ccc(F)cc1. The van der Waals surface area contributed by atoms with E-state index in [1.807, 2.05) is 0 Å². The number of nitrogens with zero attached hydrogens (tertiary/aromatic N) is 1. The fourth-order valence-electron chi connectivity index (χ4n) is 2.95. The van der Waals surface area contributed by atoms with Crippen molar-refractivity contribution in [3.63, 3.8) is 0 Å². The Kier molecular flexibility index (Phi) is 5.52. The van der Waals surface area contributed by atoms with E-state index in [2.05, 4.69) is 4.72 Å². The molecule has 1 aliphatic rings. The van der Waals surface area contributed by atoms with Gasteiger partial charge in [-0.1, -0.05) is 12.1 Å². The van der Waals surface area contributed by atoms with Crippen LogP contribution >= 0.6 is 0 Å². The van der Waals surface area contributed by atoms with Crippen molar-refractivity contribution in [1.82, 2.24) is 9.62 Å². The first kappa shape index (κ1) is 19.4. The zero-order chi connectivity index (χ0) is 19.6. The number of amides is 1. The molecule has 0 saturated carbocycles. The van der Waals surface area contributed by atoms with E-state index in [0.29, 0.717) is 19.2 Å². The third-order valence-corrected chi connectivity index (χ3v) is 5.78. The van der Waals surface area contributed by atoms with Gasteiger partial charge in [0, 0.05) is 32.1 Å². The van der Waals surface area contributed by atoms with Crippen molar-refractivity contribution in [3.8, 4) is 0 Å². The van der Waals surface area contributed by atoms with Gasteiger partial charge in [-0.25, -0.2) is 26.3 Å². The first-order chi connectivity index (χ1) is 12.7. The Labute approximate surface area is 154 Å². The van der Waals surface area contributed by atoms with E-state index in [0.717, 1.165) is 17.7 Å². The van der Waals surface area contributed by atoms with E-state index < -0.39 is 26.6 Å². The van der Waals surface area contributed by atoms with E-state index in [-0.39, 0.29) is 30.6 Å². The molecule has 27 heavy (non-hydrogen) atoms. The predicted molar refractivity (Wildman–Crippen MR) is 91.5 cm³/mol. The largest absolute Gasteiger partial charge is 0.338 e. The zero-order valence-electron chi connectivity index (χ0n) is 14.2. The number of benzene rings is 2. The minimum atomic E-state index is -4.16. The lowest BCUT2D eigenvalue weighted by molar-refractivity contribution is -0.128. The van der Waals surface area contributed by atoms with Gasteiger partial charge in [0.2, 0.25) is 15.9 Å². The topological polar surface area (TPSA) is 66.5 Å². The molecule has 0 bridgehead atoms. The van der Waals surface area contributed by atoms with Crippen LogP contribution in [0, 0.1) is 23.4 Å². The Morgan fingerprint density at radius 3 is 2.37 bits per heavy atom. The average molecular weight is 398 g/mol. The number of carbonyl (C=O) groups is 1. The van der Waals surface area contributed by atoms with Gasteiger partial charge < -0.3 is 4.90 Å². The molecule has 0 aromatic heterocycles. The second kappa shape index (κ2) is 7.69. The predicted octanol–water partition coefficient (Wildman–Crippen LogP) is 2.43. The van der Waals surface area contributed by atoms with E-state index in [4.69, 9.17) is 0 Å². The van der Waals surface area contributed by atoms with Crippen LogP contribution in [-0.2, 0) is 21.4 Å². The summed E-state index contributed by atoms with van der Waals surface area (Å²) in [5, 5.41) is 0. The number of rotatable bonds is 6. The molecule has 0 aliphatic carbocycles. The molecule has 1 atom stereocenters. The van der Waals surface area contributed by atoms with Crippen molar-refractivity contribution in [3.05, 3.63) is 65.5 Å². The molecule has 1 aliphatic heterocycles. The number of carbonyl (C=O) groups excluding carboxylic acids is 1. The average Bonchev–Trinajstić information content (AvgIpc) is 2.95. The van der Waals surface area contributed by atoms with Crippen molar-refractivity contribution in [1.29, 1.82) is 0 Å². The van der Waals surface area contributed by atoms with Crippen LogP contribution < -0.4 is 4.72 Å². The van der Waals surface area contributed by atoms with Crippen LogP contribution in [0.4, 0.5) is 13.2 Å². The summed E-state index contributed by atoms with van der Waals surface area (Å²) in [6, 6.07) is 7.98. The summed E-state index contributed by atoms with van der Waals surface area (Å²) in [5.41, 5.74) is 0.763. The molecule has 1 amide bonds. The highest BCUT2D eigenvalue weighted by Gasteiger charge is 2.31. The molecule has 1 unspecified atom stereocenters. The van der Waals surface area contributed by atoms with Crippen LogP contribution in [-0.4, -0.2) is 32.3 Å². The highest BCUT2D eigenvalue weighted by molar-refractivity contribution is 7.89. The molecule has 2 aromatic carbocycles. The zero-order valence-corrected chi connectivity index (χ0v) is 15.0. The molecular formula is C18H17F3N2O3S. The lowest BCUT2D eigenvalue weighted by atomic mass is 10.1. The van der Waals surface area contributed by atoms with Crippen LogP contribution in [0.15, 0.2) is 47.4 Å². The summed E-state index contributed by atoms with van der Waals surface area (Å²) in [7, 11) is -4.16. The number of hydrogen-bond acceptors (Lipinski definition) is 3. The summed E-state index contributed by atoms with van der Waals surface area (Å²) >= 11 is 0. The Morgan fingerprint density at radius 1 is 1.04 bits per heavy atom. The monoisotopic (exact) mass is 398 g/mol. The van der Waals surface area contributed by atoms with Gasteiger partial charge in [0.15, 0.2) is 0 Å². The first-order valence-electron chi connectivity index (χ1n) is 8.21. The summed E-state index contributed by atoms with van der Waals surface area (Å²) in [5.74, 6) is -2.84. The number of sulfonamides is 1. The Bertz CT molecular complexity index is 949. The summed E-state index contributed by atoms with van der Waals surface area (Å²) in [4.78, 5) is 13.0. The molecule has 1 heterocycles. The van der Waals surface area contributed by atoms with E-state index >= 15 is 0 Å². The van der Waals surface area contributed by atoms with E-state index in [1.165, 1.54) is 12.1 Å². The molecule has 1 N–H and O–H groups in total. The van der Waals surface area contributed by atoms with Gasteiger partial charge in [0.25, 0.3) is 0 Å². The molecule has 3 rings (SSSR count).